The predicted molar refractivity (Wildman–Crippen MR) is 69.2 cm³/mol. The van der Waals surface area contributed by atoms with Crippen LogP contribution in [0, 0.1) is 0 Å². The molecule has 0 unspecified atom stereocenters. The van der Waals surface area contributed by atoms with Crippen LogP contribution in [0.25, 0.3) is 0 Å². The van der Waals surface area contributed by atoms with Crippen LogP contribution < -0.4 is 5.73 Å². The molecule has 0 saturated heterocycles. The molecule has 0 fully saturated rings. The Kier molecular flexibility index (Phi) is 3.44. The van der Waals surface area contributed by atoms with Gasteiger partial charge in [0.25, 0.3) is 0 Å². The molecule has 0 atom stereocenters. The average Bonchev–Trinajstić information content (AvgIpc) is 2.32. The summed E-state index contributed by atoms with van der Waals surface area (Å²) in [6.07, 6.45) is 1.74. The molecule has 3 nitrogen and oxygen atoms in total. The van der Waals surface area contributed by atoms with Crippen molar-refractivity contribution in [2.45, 2.75) is 16.8 Å². The van der Waals surface area contributed by atoms with Crippen LogP contribution in [-0.4, -0.2) is 10.8 Å². The fraction of sp³-hybridized carbons (Fsp3) is 0.0769. The molecular weight excluding hydrogens is 232 g/mol. The number of benzene rings is 1. The van der Waals surface area contributed by atoms with E-state index in [0.29, 0.717) is 11.3 Å². The van der Waals surface area contributed by atoms with Gasteiger partial charge < -0.3 is 5.73 Å². The second-order valence-electron chi connectivity index (χ2n) is 3.58. The highest BCUT2D eigenvalue weighted by Crippen LogP contribution is 2.28. The summed E-state index contributed by atoms with van der Waals surface area (Å²) in [5.74, 6) is -0.0222. The molecule has 1 aromatic heterocycles. The number of nitrogen functional groups attached to an aromatic ring is 1. The van der Waals surface area contributed by atoms with Crippen LogP contribution in [0.4, 0.5) is 5.69 Å². The van der Waals surface area contributed by atoms with E-state index in [2.05, 4.69) is 4.98 Å². The Bertz CT molecular complexity index is 540. The molecule has 0 saturated carbocycles. The molecule has 86 valence electrons. The van der Waals surface area contributed by atoms with Crippen molar-refractivity contribution >= 4 is 23.2 Å². The lowest BCUT2D eigenvalue weighted by Crippen LogP contribution is -1.99. The van der Waals surface area contributed by atoms with Gasteiger partial charge in [0.2, 0.25) is 0 Å². The topological polar surface area (TPSA) is 56.0 Å². The number of aromatic nitrogens is 1. The molecule has 2 rings (SSSR count). The van der Waals surface area contributed by atoms with Gasteiger partial charge in [0.15, 0.2) is 5.78 Å². The van der Waals surface area contributed by atoms with Crippen LogP contribution in [0.15, 0.2) is 52.5 Å². The number of Topliss-reactive ketones (excluding diaryl/α,β-unsaturated/α-hetero) is 1. The Morgan fingerprint density at radius 2 is 2.12 bits per heavy atom. The molecule has 2 aromatic rings. The van der Waals surface area contributed by atoms with Crippen molar-refractivity contribution < 1.29 is 4.79 Å². The number of hydrogen-bond donors (Lipinski definition) is 1. The Hall–Kier alpha value is -1.81. The highest BCUT2D eigenvalue weighted by molar-refractivity contribution is 7.99. The van der Waals surface area contributed by atoms with Gasteiger partial charge in [-0.05, 0) is 37.3 Å². The van der Waals surface area contributed by atoms with E-state index in [-0.39, 0.29) is 5.78 Å². The number of pyridine rings is 1. The van der Waals surface area contributed by atoms with Crippen LogP contribution in [0.1, 0.15) is 17.3 Å². The fourth-order valence-electron chi connectivity index (χ4n) is 1.43. The molecule has 0 aliphatic rings. The van der Waals surface area contributed by atoms with Crippen molar-refractivity contribution in [3.63, 3.8) is 0 Å². The third-order valence-corrected chi connectivity index (χ3v) is 3.20. The Morgan fingerprint density at radius 3 is 2.76 bits per heavy atom. The lowest BCUT2D eigenvalue weighted by molar-refractivity contribution is 0.101. The summed E-state index contributed by atoms with van der Waals surface area (Å²) in [6.45, 7) is 1.51. The first-order valence-electron chi connectivity index (χ1n) is 5.16. The van der Waals surface area contributed by atoms with E-state index >= 15 is 0 Å². The normalized spacial score (nSPS) is 10.2. The minimum atomic E-state index is -0.0222. The molecule has 0 spiro atoms. The molecule has 0 amide bonds. The maximum absolute atomic E-state index is 11.4. The maximum Gasteiger partial charge on any atom is 0.161 e. The summed E-state index contributed by atoms with van der Waals surface area (Å²) >= 11 is 1.51. The van der Waals surface area contributed by atoms with Crippen LogP contribution in [0.3, 0.4) is 0 Å². The van der Waals surface area contributed by atoms with E-state index in [1.807, 2.05) is 24.3 Å². The number of rotatable bonds is 3. The van der Waals surface area contributed by atoms with Crippen LogP contribution in [0.2, 0.25) is 0 Å². The molecule has 2 N–H and O–H groups in total. The first kappa shape index (κ1) is 11.7. The van der Waals surface area contributed by atoms with E-state index in [1.165, 1.54) is 18.7 Å². The number of hydrogen-bond acceptors (Lipinski definition) is 4. The average molecular weight is 244 g/mol. The van der Waals surface area contributed by atoms with Gasteiger partial charge in [-0.15, -0.1) is 0 Å². The van der Waals surface area contributed by atoms with E-state index in [0.717, 1.165) is 9.92 Å². The number of carbonyl (C=O) groups is 1. The summed E-state index contributed by atoms with van der Waals surface area (Å²) in [4.78, 5) is 16.5. The van der Waals surface area contributed by atoms with Gasteiger partial charge >= 0.3 is 0 Å². The van der Waals surface area contributed by atoms with Crippen molar-refractivity contribution in [3.05, 3.63) is 48.2 Å². The van der Waals surface area contributed by atoms with E-state index in [1.54, 1.807) is 18.3 Å². The molecule has 0 aliphatic carbocycles. The first-order valence-corrected chi connectivity index (χ1v) is 5.98. The summed E-state index contributed by atoms with van der Waals surface area (Å²) in [5, 5.41) is 0.895. The molecular formula is C13H12N2OS. The number of ketones is 1. The van der Waals surface area contributed by atoms with Gasteiger partial charge in [-0.3, -0.25) is 4.79 Å². The zero-order valence-electron chi connectivity index (χ0n) is 9.38. The van der Waals surface area contributed by atoms with E-state index < -0.39 is 0 Å². The second-order valence-corrected chi connectivity index (χ2v) is 4.67. The molecule has 17 heavy (non-hydrogen) atoms. The molecule has 0 aliphatic heterocycles. The molecule has 1 aromatic carbocycles. The standard InChI is InChI=1S/C13H12N2OS/c1-9(16)11-8-10(5-6-12(11)14)17-13-4-2-3-7-15-13/h2-8H,14H2,1H3. The number of anilines is 1. The lowest BCUT2D eigenvalue weighted by Gasteiger charge is -2.05. The fourth-order valence-corrected chi connectivity index (χ4v) is 2.25. The van der Waals surface area contributed by atoms with Crippen LogP contribution in [0.5, 0.6) is 0 Å². The quantitative estimate of drug-likeness (QED) is 0.666. The molecule has 1 heterocycles. The van der Waals surface area contributed by atoms with Gasteiger partial charge in [-0.2, -0.15) is 0 Å². The van der Waals surface area contributed by atoms with Gasteiger partial charge in [-0.1, -0.05) is 17.8 Å². The minimum absolute atomic E-state index is 0.0222. The Labute approximate surface area is 104 Å². The van der Waals surface area contributed by atoms with E-state index in [4.69, 9.17) is 5.73 Å². The number of nitrogens with zero attached hydrogens (tertiary/aromatic N) is 1. The summed E-state index contributed by atoms with van der Waals surface area (Å²) < 4.78 is 0. The molecule has 4 heteroatoms. The second kappa shape index (κ2) is 5.01. The van der Waals surface area contributed by atoms with E-state index in [9.17, 15) is 4.79 Å². The summed E-state index contributed by atoms with van der Waals surface area (Å²) in [6, 6.07) is 11.2. The summed E-state index contributed by atoms with van der Waals surface area (Å²) in [7, 11) is 0. The largest absolute Gasteiger partial charge is 0.398 e. The van der Waals surface area contributed by atoms with Crippen LogP contribution in [-0.2, 0) is 0 Å². The minimum Gasteiger partial charge on any atom is -0.398 e. The first-order chi connectivity index (χ1) is 8.16. The Balaban J connectivity index is 2.29. The maximum atomic E-state index is 11.4. The van der Waals surface area contributed by atoms with Crippen LogP contribution >= 0.6 is 11.8 Å². The predicted octanol–water partition coefficient (Wildman–Crippen LogP) is 3.02. The third kappa shape index (κ3) is 2.85. The lowest BCUT2D eigenvalue weighted by atomic mass is 10.1. The van der Waals surface area contributed by atoms with Gasteiger partial charge in [0.05, 0.1) is 0 Å². The van der Waals surface area contributed by atoms with Gasteiger partial charge in [0.1, 0.15) is 5.03 Å². The molecule has 0 radical (unpaired) electrons. The number of nitrogens with two attached hydrogens (primary N) is 1. The third-order valence-electron chi connectivity index (χ3n) is 2.26. The zero-order chi connectivity index (χ0) is 12.3. The van der Waals surface area contributed by atoms with Gasteiger partial charge in [0, 0.05) is 22.3 Å². The SMILES string of the molecule is CC(=O)c1cc(Sc2ccccn2)ccc1N. The zero-order valence-corrected chi connectivity index (χ0v) is 10.2. The smallest absolute Gasteiger partial charge is 0.161 e. The highest BCUT2D eigenvalue weighted by atomic mass is 32.2. The summed E-state index contributed by atoms with van der Waals surface area (Å²) in [5.41, 5.74) is 6.82. The monoisotopic (exact) mass is 244 g/mol. The molecule has 0 bridgehead atoms. The van der Waals surface area contributed by atoms with Crippen molar-refractivity contribution in [3.8, 4) is 0 Å². The van der Waals surface area contributed by atoms with Crippen molar-refractivity contribution in [2.24, 2.45) is 0 Å². The van der Waals surface area contributed by atoms with Crippen molar-refractivity contribution in [2.75, 3.05) is 5.73 Å². The number of carbonyl (C=O) groups excluding carboxylic acids is 1. The Morgan fingerprint density at radius 1 is 1.29 bits per heavy atom. The van der Waals surface area contributed by atoms with Gasteiger partial charge in [-0.25, -0.2) is 4.98 Å². The highest BCUT2D eigenvalue weighted by Gasteiger charge is 2.06. The van der Waals surface area contributed by atoms with Crippen molar-refractivity contribution in [1.82, 2.24) is 4.98 Å². The van der Waals surface area contributed by atoms with Crippen molar-refractivity contribution in [1.29, 1.82) is 0 Å².